The first-order chi connectivity index (χ1) is 17.3. The van der Waals surface area contributed by atoms with Crippen molar-refractivity contribution in [2.75, 3.05) is 25.1 Å². The number of alkyl halides is 3. The van der Waals surface area contributed by atoms with E-state index in [9.17, 15) is 18.0 Å². The van der Waals surface area contributed by atoms with E-state index >= 15 is 0 Å². The predicted octanol–water partition coefficient (Wildman–Crippen LogP) is 5.03. The number of aromatic nitrogens is 2. The number of carbonyl (C=O) groups is 1. The third kappa shape index (κ3) is 6.78. The van der Waals surface area contributed by atoms with Crippen molar-refractivity contribution in [1.82, 2.24) is 15.1 Å². The van der Waals surface area contributed by atoms with Crippen LogP contribution in [0.1, 0.15) is 31.2 Å². The molecule has 4 rings (SSSR count). The molecule has 0 bridgehead atoms. The molecule has 3 aromatic rings. The number of halogens is 3. The molecule has 1 fully saturated rings. The number of hydrogen-bond acceptors (Lipinski definition) is 5. The van der Waals surface area contributed by atoms with Crippen LogP contribution in [0.2, 0.25) is 0 Å². The second-order valence-electron chi connectivity index (χ2n) is 8.70. The van der Waals surface area contributed by atoms with Crippen molar-refractivity contribution in [3.05, 3.63) is 60.3 Å². The van der Waals surface area contributed by atoms with Gasteiger partial charge >= 0.3 is 6.18 Å². The van der Waals surface area contributed by atoms with Crippen LogP contribution in [0, 0.1) is 0 Å². The minimum absolute atomic E-state index is 0.0354. The number of nitrogens with one attached hydrogen (secondary N) is 2. The van der Waals surface area contributed by atoms with Gasteiger partial charge in [-0.15, -0.1) is 0 Å². The first-order valence-electron chi connectivity index (χ1n) is 11.9. The Morgan fingerprint density at radius 2 is 2.03 bits per heavy atom. The molecule has 192 valence electrons. The Labute approximate surface area is 207 Å². The quantitative estimate of drug-likeness (QED) is 0.429. The number of amides is 1. The number of hydrogen-bond donors (Lipinski definition) is 2. The molecule has 2 aromatic carbocycles. The van der Waals surface area contributed by atoms with Crippen molar-refractivity contribution in [1.29, 1.82) is 0 Å². The highest BCUT2D eigenvalue weighted by Gasteiger charge is 2.30. The lowest BCUT2D eigenvalue weighted by Gasteiger charge is -2.23. The molecule has 1 aromatic heterocycles. The van der Waals surface area contributed by atoms with Gasteiger partial charge in [0.1, 0.15) is 11.5 Å². The molecule has 0 radical (unpaired) electrons. The van der Waals surface area contributed by atoms with Crippen molar-refractivity contribution in [3.8, 4) is 22.8 Å². The number of anilines is 1. The average Bonchev–Trinajstić information content (AvgIpc) is 3.29. The summed E-state index contributed by atoms with van der Waals surface area (Å²) in [6.07, 6.45) is 1.67. The number of piperidine rings is 1. The van der Waals surface area contributed by atoms with Crippen LogP contribution < -0.4 is 20.1 Å². The summed E-state index contributed by atoms with van der Waals surface area (Å²) in [5.74, 6) is 0.139. The fourth-order valence-electron chi connectivity index (χ4n) is 4.16. The number of ether oxygens (including phenoxy) is 2. The van der Waals surface area contributed by atoms with E-state index in [1.54, 1.807) is 29.1 Å². The van der Waals surface area contributed by atoms with Crippen molar-refractivity contribution < 1.29 is 27.4 Å². The van der Waals surface area contributed by atoms with Gasteiger partial charge in [0.05, 0.1) is 17.9 Å². The highest BCUT2D eigenvalue weighted by molar-refractivity contribution is 5.93. The monoisotopic (exact) mass is 502 g/mol. The molecular weight excluding hydrogens is 473 g/mol. The van der Waals surface area contributed by atoms with Crippen molar-refractivity contribution in [2.24, 2.45) is 7.05 Å². The molecule has 1 unspecified atom stereocenters. The summed E-state index contributed by atoms with van der Waals surface area (Å²) in [6, 6.07) is 12.0. The predicted molar refractivity (Wildman–Crippen MR) is 130 cm³/mol. The topological polar surface area (TPSA) is 77.4 Å². The van der Waals surface area contributed by atoms with Crippen LogP contribution >= 0.6 is 0 Å². The summed E-state index contributed by atoms with van der Waals surface area (Å²) in [4.78, 5) is 12.5. The molecule has 0 spiro atoms. The lowest BCUT2D eigenvalue weighted by Crippen LogP contribution is -2.35. The van der Waals surface area contributed by atoms with Crippen molar-refractivity contribution >= 4 is 11.6 Å². The van der Waals surface area contributed by atoms with Gasteiger partial charge in [0, 0.05) is 30.5 Å². The number of nitrogens with zero attached hydrogens (tertiary/aromatic N) is 2. The third-order valence-corrected chi connectivity index (χ3v) is 6.03. The van der Waals surface area contributed by atoms with Crippen LogP contribution in [0.4, 0.5) is 18.9 Å². The third-order valence-electron chi connectivity index (χ3n) is 6.03. The van der Waals surface area contributed by atoms with Crippen LogP contribution in [0.25, 0.3) is 11.3 Å². The lowest BCUT2D eigenvalue weighted by atomic mass is 10.0. The zero-order chi connectivity index (χ0) is 25.5. The molecule has 0 aliphatic carbocycles. The van der Waals surface area contributed by atoms with Crippen molar-refractivity contribution in [2.45, 2.75) is 37.9 Å². The molecule has 1 atom stereocenters. The maximum absolute atomic E-state index is 12.9. The first kappa shape index (κ1) is 25.6. The SMILES string of the molecule is Cn1nccc1-c1cc(NC(=O)COc2cccc(C(F)(F)F)c2)ccc1OCCC1CCCCN1. The molecule has 0 saturated carbocycles. The van der Waals surface area contributed by atoms with Gasteiger partial charge in [-0.2, -0.15) is 18.3 Å². The highest BCUT2D eigenvalue weighted by Crippen LogP contribution is 2.33. The number of aryl methyl sites for hydroxylation is 1. The zero-order valence-electron chi connectivity index (χ0n) is 20.0. The fourth-order valence-corrected chi connectivity index (χ4v) is 4.16. The Balaban J connectivity index is 1.41. The smallest absolute Gasteiger partial charge is 0.416 e. The highest BCUT2D eigenvalue weighted by atomic mass is 19.4. The van der Waals surface area contributed by atoms with Gasteiger partial charge in [-0.1, -0.05) is 12.5 Å². The molecule has 1 amide bonds. The summed E-state index contributed by atoms with van der Waals surface area (Å²) in [5.41, 5.74) is 1.25. The van der Waals surface area contributed by atoms with Gasteiger partial charge < -0.3 is 20.1 Å². The minimum Gasteiger partial charge on any atom is -0.493 e. The van der Waals surface area contributed by atoms with E-state index in [0.29, 0.717) is 24.1 Å². The second-order valence-corrected chi connectivity index (χ2v) is 8.70. The Hall–Kier alpha value is -3.53. The number of benzene rings is 2. The van der Waals surface area contributed by atoms with Gasteiger partial charge in [0.25, 0.3) is 5.91 Å². The van der Waals surface area contributed by atoms with Crippen LogP contribution in [0.3, 0.4) is 0 Å². The fraction of sp³-hybridized carbons (Fsp3) is 0.385. The van der Waals surface area contributed by atoms with Gasteiger partial charge in [0.15, 0.2) is 6.61 Å². The summed E-state index contributed by atoms with van der Waals surface area (Å²) in [5, 5.41) is 10.5. The maximum atomic E-state index is 12.9. The molecule has 10 heteroatoms. The molecule has 2 N–H and O–H groups in total. The normalized spacial score (nSPS) is 15.9. The average molecular weight is 503 g/mol. The minimum atomic E-state index is -4.49. The van der Waals surface area contributed by atoms with Crippen LogP contribution in [-0.4, -0.2) is 41.5 Å². The summed E-state index contributed by atoms with van der Waals surface area (Å²) in [6.45, 7) is 1.16. The Morgan fingerprint density at radius 3 is 2.75 bits per heavy atom. The molecule has 7 nitrogen and oxygen atoms in total. The standard InChI is InChI=1S/C26H29F3N4O3/c1-33-23(10-13-31-33)22-16-20(8-9-24(22)35-14-11-19-6-2-3-12-30-19)32-25(34)17-36-21-7-4-5-18(15-21)26(27,28)29/h4-5,7-10,13,15-16,19,30H,2-3,6,11-12,14,17H2,1H3,(H,32,34). The second kappa shape index (κ2) is 11.5. The van der Waals surface area contributed by atoms with Gasteiger partial charge in [0.2, 0.25) is 0 Å². The maximum Gasteiger partial charge on any atom is 0.416 e. The largest absolute Gasteiger partial charge is 0.493 e. The van der Waals surface area contributed by atoms with E-state index in [0.717, 1.165) is 42.8 Å². The molecule has 1 aliphatic heterocycles. The van der Waals surface area contributed by atoms with Gasteiger partial charge in [-0.3, -0.25) is 9.48 Å². The zero-order valence-corrected chi connectivity index (χ0v) is 20.0. The first-order valence-corrected chi connectivity index (χ1v) is 11.9. The lowest BCUT2D eigenvalue weighted by molar-refractivity contribution is -0.137. The number of rotatable bonds is 9. The van der Waals surface area contributed by atoms with E-state index in [4.69, 9.17) is 9.47 Å². The Bertz CT molecular complexity index is 1170. The molecule has 2 heterocycles. The van der Waals surface area contributed by atoms with Gasteiger partial charge in [-0.25, -0.2) is 0 Å². The number of carbonyl (C=O) groups excluding carboxylic acids is 1. The molecule has 36 heavy (non-hydrogen) atoms. The van der Waals surface area contributed by atoms with Crippen LogP contribution in [0.5, 0.6) is 11.5 Å². The van der Waals surface area contributed by atoms with E-state index in [1.807, 2.05) is 13.1 Å². The van der Waals surface area contributed by atoms with E-state index in [2.05, 4.69) is 15.7 Å². The summed E-state index contributed by atoms with van der Waals surface area (Å²) >= 11 is 0. The van der Waals surface area contributed by atoms with E-state index in [-0.39, 0.29) is 5.75 Å². The molecular formula is C26H29F3N4O3. The van der Waals surface area contributed by atoms with Crippen LogP contribution in [-0.2, 0) is 18.0 Å². The van der Waals surface area contributed by atoms with Crippen molar-refractivity contribution in [3.63, 3.8) is 0 Å². The Kier molecular flexibility index (Phi) is 8.14. The van der Waals surface area contributed by atoms with E-state index in [1.165, 1.54) is 25.0 Å². The van der Waals surface area contributed by atoms with E-state index < -0.39 is 24.3 Å². The molecule has 1 saturated heterocycles. The van der Waals surface area contributed by atoms with Gasteiger partial charge in [-0.05, 0) is 68.3 Å². The summed E-state index contributed by atoms with van der Waals surface area (Å²) in [7, 11) is 1.82. The summed E-state index contributed by atoms with van der Waals surface area (Å²) < 4.78 is 51.8. The molecule has 1 aliphatic rings. The van der Waals surface area contributed by atoms with Crippen LogP contribution in [0.15, 0.2) is 54.7 Å². The Morgan fingerprint density at radius 1 is 1.17 bits per heavy atom.